The predicted molar refractivity (Wildman–Crippen MR) is 62.5 cm³/mol. The summed E-state index contributed by atoms with van der Waals surface area (Å²) in [6.45, 7) is 2.24. The van der Waals surface area contributed by atoms with Crippen molar-refractivity contribution < 1.29 is 9.53 Å². The van der Waals surface area contributed by atoms with Crippen molar-refractivity contribution in [2.24, 2.45) is 0 Å². The number of nitrogens with one attached hydrogen (secondary N) is 2. The lowest BCUT2D eigenvalue weighted by Crippen LogP contribution is -2.15. The third kappa shape index (κ3) is 2.92. The molecule has 9 heteroatoms. The molecule has 0 fully saturated rings. The van der Waals surface area contributed by atoms with Crippen LogP contribution < -0.4 is 10.1 Å². The summed E-state index contributed by atoms with van der Waals surface area (Å²) in [6, 6.07) is 0.157. The van der Waals surface area contributed by atoms with Gasteiger partial charge in [0, 0.05) is 0 Å². The van der Waals surface area contributed by atoms with E-state index in [1.807, 2.05) is 0 Å². The Morgan fingerprint density at radius 1 is 1.50 bits per heavy atom. The Kier molecular flexibility index (Phi) is 3.68. The average molecular weight is 269 g/mol. The first-order valence-corrected chi connectivity index (χ1v) is 5.41. The van der Waals surface area contributed by atoms with Crippen molar-refractivity contribution in [3.63, 3.8) is 0 Å². The fraction of sp³-hybridized carbons (Fsp3) is 0.222. The van der Waals surface area contributed by atoms with Gasteiger partial charge in [0.25, 0.3) is 5.91 Å². The lowest BCUT2D eigenvalue weighted by Gasteiger charge is -1.99. The van der Waals surface area contributed by atoms with Crippen LogP contribution in [-0.4, -0.2) is 37.7 Å². The number of nitrogens with zero attached hydrogens (tertiary/aromatic N) is 4. The molecular formula is C9H9ClN6O2. The third-order valence-electron chi connectivity index (χ3n) is 1.81. The Morgan fingerprint density at radius 3 is 3.06 bits per heavy atom. The van der Waals surface area contributed by atoms with Crippen LogP contribution in [0.5, 0.6) is 6.01 Å². The molecular weight excluding hydrogens is 260 g/mol. The quantitative estimate of drug-likeness (QED) is 0.853. The minimum Gasteiger partial charge on any atom is -0.463 e. The Hall–Kier alpha value is -2.22. The molecule has 0 aliphatic carbocycles. The normalized spacial score (nSPS) is 10.1. The zero-order valence-corrected chi connectivity index (χ0v) is 10.1. The molecule has 1 amide bonds. The maximum atomic E-state index is 11.7. The summed E-state index contributed by atoms with van der Waals surface area (Å²) in [7, 11) is 0. The van der Waals surface area contributed by atoms with E-state index in [9.17, 15) is 4.79 Å². The van der Waals surface area contributed by atoms with Gasteiger partial charge in [-0.2, -0.15) is 4.98 Å². The van der Waals surface area contributed by atoms with E-state index in [4.69, 9.17) is 16.3 Å². The highest BCUT2D eigenvalue weighted by Gasteiger charge is 2.11. The Labute approximate surface area is 107 Å². The number of hydrogen-bond donors (Lipinski definition) is 2. The zero-order chi connectivity index (χ0) is 13.0. The van der Waals surface area contributed by atoms with E-state index in [0.717, 1.165) is 0 Å². The third-order valence-corrected chi connectivity index (χ3v) is 1.99. The van der Waals surface area contributed by atoms with E-state index in [2.05, 4.69) is 30.5 Å². The minimum absolute atomic E-state index is 0.0804. The molecule has 2 aromatic rings. The summed E-state index contributed by atoms with van der Waals surface area (Å²) >= 11 is 5.63. The Morgan fingerprint density at radius 2 is 2.33 bits per heavy atom. The molecule has 0 spiro atoms. The SMILES string of the molecule is CCOc1n[nH]c(NC(=O)c2cncc(Cl)n2)n1. The van der Waals surface area contributed by atoms with Gasteiger partial charge in [-0.3, -0.25) is 15.1 Å². The van der Waals surface area contributed by atoms with Crippen molar-refractivity contribution in [1.29, 1.82) is 0 Å². The molecule has 2 heterocycles. The number of carbonyl (C=O) groups excluding carboxylic acids is 1. The Bertz CT molecular complexity index is 557. The molecule has 2 aromatic heterocycles. The van der Waals surface area contributed by atoms with Gasteiger partial charge in [0.05, 0.1) is 19.0 Å². The molecule has 0 atom stereocenters. The summed E-state index contributed by atoms with van der Waals surface area (Å²) in [5.74, 6) is -0.338. The van der Waals surface area contributed by atoms with Crippen LogP contribution in [0, 0.1) is 0 Å². The highest BCUT2D eigenvalue weighted by atomic mass is 35.5. The fourth-order valence-electron chi connectivity index (χ4n) is 1.12. The number of aromatic amines is 1. The van der Waals surface area contributed by atoms with Crippen molar-refractivity contribution >= 4 is 23.5 Å². The van der Waals surface area contributed by atoms with Gasteiger partial charge >= 0.3 is 6.01 Å². The lowest BCUT2D eigenvalue weighted by atomic mass is 10.4. The van der Waals surface area contributed by atoms with E-state index < -0.39 is 5.91 Å². The summed E-state index contributed by atoms with van der Waals surface area (Å²) in [4.78, 5) is 23.2. The first kappa shape index (κ1) is 12.2. The minimum atomic E-state index is -0.496. The van der Waals surface area contributed by atoms with Crippen molar-refractivity contribution in [3.8, 4) is 6.01 Å². The standard InChI is InChI=1S/C9H9ClN6O2/c1-2-18-9-14-8(15-16-9)13-7(17)5-3-11-4-6(10)12-5/h3-4H,2H2,1H3,(H2,13,14,15,16,17). The van der Waals surface area contributed by atoms with Gasteiger partial charge in [-0.25, -0.2) is 10.1 Å². The van der Waals surface area contributed by atoms with Crippen LogP contribution in [-0.2, 0) is 0 Å². The van der Waals surface area contributed by atoms with Crippen molar-refractivity contribution in [2.75, 3.05) is 11.9 Å². The highest BCUT2D eigenvalue weighted by Crippen LogP contribution is 2.08. The number of halogens is 1. The van der Waals surface area contributed by atoms with Gasteiger partial charge in [-0.05, 0) is 6.92 Å². The lowest BCUT2D eigenvalue weighted by molar-refractivity contribution is 0.102. The molecule has 94 valence electrons. The first-order valence-electron chi connectivity index (χ1n) is 5.03. The average Bonchev–Trinajstić information content (AvgIpc) is 2.77. The second-order valence-electron chi connectivity index (χ2n) is 3.08. The molecule has 0 aliphatic rings. The van der Waals surface area contributed by atoms with Gasteiger partial charge in [0.15, 0.2) is 0 Å². The van der Waals surface area contributed by atoms with E-state index in [-0.39, 0.29) is 22.8 Å². The number of H-pyrrole nitrogens is 1. The number of rotatable bonds is 4. The van der Waals surface area contributed by atoms with E-state index in [0.29, 0.717) is 6.61 Å². The second kappa shape index (κ2) is 5.41. The van der Waals surface area contributed by atoms with Crippen LogP contribution in [0.25, 0.3) is 0 Å². The summed E-state index contributed by atoms with van der Waals surface area (Å²) in [5.41, 5.74) is 0.0804. The first-order chi connectivity index (χ1) is 8.69. The van der Waals surface area contributed by atoms with Crippen LogP contribution in [0.3, 0.4) is 0 Å². The summed E-state index contributed by atoms with van der Waals surface area (Å²) < 4.78 is 5.04. The van der Waals surface area contributed by atoms with Gasteiger partial charge in [0.2, 0.25) is 5.95 Å². The molecule has 18 heavy (non-hydrogen) atoms. The number of carbonyl (C=O) groups is 1. The van der Waals surface area contributed by atoms with Gasteiger partial charge in [-0.15, -0.1) is 5.10 Å². The molecule has 0 radical (unpaired) electrons. The second-order valence-corrected chi connectivity index (χ2v) is 3.47. The smallest absolute Gasteiger partial charge is 0.337 e. The van der Waals surface area contributed by atoms with Crippen molar-refractivity contribution in [1.82, 2.24) is 25.1 Å². The molecule has 0 saturated carbocycles. The number of amides is 1. The number of hydrogen-bond acceptors (Lipinski definition) is 6. The predicted octanol–water partition coefficient (Wildman–Crippen LogP) is 0.899. The topological polar surface area (TPSA) is 106 Å². The van der Waals surface area contributed by atoms with Gasteiger partial charge in [-0.1, -0.05) is 11.6 Å². The molecule has 0 unspecified atom stereocenters. The highest BCUT2D eigenvalue weighted by molar-refractivity contribution is 6.29. The van der Waals surface area contributed by atoms with Gasteiger partial charge in [0.1, 0.15) is 10.8 Å². The van der Waals surface area contributed by atoms with Crippen LogP contribution in [0.15, 0.2) is 12.4 Å². The van der Waals surface area contributed by atoms with Crippen LogP contribution in [0.4, 0.5) is 5.95 Å². The zero-order valence-electron chi connectivity index (χ0n) is 9.35. The number of ether oxygens (including phenoxy) is 1. The fourth-order valence-corrected chi connectivity index (χ4v) is 1.27. The number of aromatic nitrogens is 5. The van der Waals surface area contributed by atoms with E-state index in [1.54, 1.807) is 6.92 Å². The van der Waals surface area contributed by atoms with Crippen LogP contribution in [0.2, 0.25) is 5.15 Å². The molecule has 8 nitrogen and oxygen atoms in total. The van der Waals surface area contributed by atoms with Crippen LogP contribution in [0.1, 0.15) is 17.4 Å². The maximum Gasteiger partial charge on any atom is 0.337 e. The largest absolute Gasteiger partial charge is 0.463 e. The monoisotopic (exact) mass is 268 g/mol. The maximum absolute atomic E-state index is 11.7. The molecule has 0 aromatic carbocycles. The van der Waals surface area contributed by atoms with Gasteiger partial charge < -0.3 is 4.74 Å². The molecule has 2 rings (SSSR count). The molecule has 0 bridgehead atoms. The van der Waals surface area contributed by atoms with Crippen molar-refractivity contribution in [3.05, 3.63) is 23.2 Å². The summed E-state index contributed by atoms with van der Waals surface area (Å²) in [6.07, 6.45) is 2.63. The number of anilines is 1. The summed E-state index contributed by atoms with van der Waals surface area (Å²) in [5, 5.41) is 8.83. The van der Waals surface area contributed by atoms with E-state index in [1.165, 1.54) is 12.4 Å². The van der Waals surface area contributed by atoms with Crippen molar-refractivity contribution in [2.45, 2.75) is 6.92 Å². The molecule has 0 aliphatic heterocycles. The molecule has 0 saturated heterocycles. The Balaban J connectivity index is 2.06. The molecule has 2 N–H and O–H groups in total. The van der Waals surface area contributed by atoms with E-state index >= 15 is 0 Å². The van der Waals surface area contributed by atoms with Crippen LogP contribution >= 0.6 is 11.6 Å².